The predicted molar refractivity (Wildman–Crippen MR) is 128 cm³/mol. The van der Waals surface area contributed by atoms with E-state index in [1.165, 1.54) is 35.6 Å². The highest BCUT2D eigenvalue weighted by atomic mass is 32.2. The van der Waals surface area contributed by atoms with Crippen LogP contribution in [0.15, 0.2) is 59.5 Å². The van der Waals surface area contributed by atoms with E-state index < -0.39 is 34.3 Å². The van der Waals surface area contributed by atoms with Gasteiger partial charge >= 0.3 is 5.97 Å². The van der Waals surface area contributed by atoms with Crippen LogP contribution < -0.4 is 9.62 Å². The van der Waals surface area contributed by atoms with Crippen LogP contribution in [0.2, 0.25) is 0 Å². The zero-order valence-electron chi connectivity index (χ0n) is 18.4. The van der Waals surface area contributed by atoms with Crippen LogP contribution in [0.1, 0.15) is 34.1 Å². The van der Waals surface area contributed by atoms with Crippen LogP contribution >= 0.6 is 11.3 Å². The summed E-state index contributed by atoms with van der Waals surface area (Å²) in [4.78, 5) is 26.7. The Bertz CT molecular complexity index is 1310. The van der Waals surface area contributed by atoms with Crippen LogP contribution in [-0.2, 0) is 32.4 Å². The number of rotatable bonds is 8. The first kappa shape index (κ1) is 23.9. The minimum Gasteiger partial charge on any atom is -0.462 e. The summed E-state index contributed by atoms with van der Waals surface area (Å²) in [5, 5.41) is 3.06. The number of aryl methyl sites for hydroxylation is 1. The molecule has 34 heavy (non-hydrogen) atoms. The monoisotopic (exact) mass is 502 g/mol. The van der Waals surface area contributed by atoms with Crippen molar-refractivity contribution in [3.63, 3.8) is 0 Å². The Kier molecular flexibility index (Phi) is 6.99. The van der Waals surface area contributed by atoms with E-state index in [2.05, 4.69) is 5.32 Å². The average Bonchev–Trinajstić information content (AvgIpc) is 3.39. The van der Waals surface area contributed by atoms with Gasteiger partial charge in [-0.25, -0.2) is 17.6 Å². The molecule has 0 fully saturated rings. The highest BCUT2D eigenvalue weighted by Crippen LogP contribution is 2.39. The Balaban J connectivity index is 1.65. The van der Waals surface area contributed by atoms with Gasteiger partial charge in [0.2, 0.25) is 5.91 Å². The first-order valence-corrected chi connectivity index (χ1v) is 13.0. The van der Waals surface area contributed by atoms with E-state index in [9.17, 15) is 22.4 Å². The number of hydrogen-bond donors (Lipinski definition) is 1. The number of thiophene rings is 1. The molecule has 2 aromatic carbocycles. The molecule has 1 aliphatic rings. The van der Waals surface area contributed by atoms with Crippen molar-refractivity contribution in [1.29, 1.82) is 0 Å². The van der Waals surface area contributed by atoms with Crippen LogP contribution in [0.25, 0.3) is 0 Å². The fourth-order valence-corrected chi connectivity index (χ4v) is 6.59. The molecule has 0 atom stereocenters. The highest BCUT2D eigenvalue weighted by molar-refractivity contribution is 7.92. The lowest BCUT2D eigenvalue weighted by Gasteiger charge is -2.24. The van der Waals surface area contributed by atoms with Crippen LogP contribution in [0, 0.1) is 5.82 Å². The van der Waals surface area contributed by atoms with Crippen molar-refractivity contribution in [2.45, 2.75) is 31.1 Å². The number of anilines is 2. The van der Waals surface area contributed by atoms with Crippen LogP contribution in [-0.4, -0.2) is 33.4 Å². The standard InChI is InChI=1S/C24H23FN2O5S2/c1-2-32-24(29)22-19-9-6-10-20(19)33-23(22)26-21(28)15-27(17-13-11-16(25)12-14-17)34(30,31)18-7-4-3-5-8-18/h3-5,7-8,11-14H,2,6,9-10,15H2,1H3,(H,26,28). The highest BCUT2D eigenvalue weighted by Gasteiger charge is 2.31. The third-order valence-corrected chi connectivity index (χ3v) is 8.38. The normalized spacial score (nSPS) is 12.8. The molecule has 7 nitrogen and oxygen atoms in total. The smallest absolute Gasteiger partial charge is 0.341 e. The average molecular weight is 503 g/mol. The fraction of sp³-hybridized carbons (Fsp3) is 0.250. The second kappa shape index (κ2) is 9.94. The first-order chi connectivity index (χ1) is 16.3. The molecule has 1 amide bonds. The maximum absolute atomic E-state index is 13.5. The Hall–Kier alpha value is -3.24. The number of nitrogens with zero attached hydrogens (tertiary/aromatic N) is 1. The maximum atomic E-state index is 13.5. The molecule has 1 N–H and O–H groups in total. The molecule has 178 valence electrons. The SMILES string of the molecule is CCOC(=O)c1c(NC(=O)CN(c2ccc(F)cc2)S(=O)(=O)c2ccccc2)sc2c1CCC2. The molecule has 0 bridgehead atoms. The second-order valence-electron chi connectivity index (χ2n) is 7.63. The predicted octanol–water partition coefficient (Wildman–Crippen LogP) is 4.39. The van der Waals surface area contributed by atoms with Gasteiger partial charge in [-0.1, -0.05) is 18.2 Å². The fourth-order valence-electron chi connectivity index (χ4n) is 3.85. The lowest BCUT2D eigenvalue weighted by Crippen LogP contribution is -2.38. The maximum Gasteiger partial charge on any atom is 0.341 e. The van der Waals surface area contributed by atoms with E-state index >= 15 is 0 Å². The van der Waals surface area contributed by atoms with Crippen molar-refractivity contribution in [1.82, 2.24) is 0 Å². The van der Waals surface area contributed by atoms with Gasteiger partial charge in [-0.15, -0.1) is 11.3 Å². The molecule has 10 heteroatoms. The zero-order chi connectivity index (χ0) is 24.3. The lowest BCUT2D eigenvalue weighted by atomic mass is 10.1. The minimum absolute atomic E-state index is 0.00515. The van der Waals surface area contributed by atoms with Crippen molar-refractivity contribution >= 4 is 43.9 Å². The minimum atomic E-state index is -4.12. The van der Waals surface area contributed by atoms with Gasteiger partial charge in [0.25, 0.3) is 10.0 Å². The summed E-state index contributed by atoms with van der Waals surface area (Å²) < 4.78 is 46.3. The number of halogens is 1. The number of hydrogen-bond acceptors (Lipinski definition) is 6. The second-order valence-corrected chi connectivity index (χ2v) is 10.6. The number of esters is 1. The first-order valence-electron chi connectivity index (χ1n) is 10.8. The molecular formula is C24H23FN2O5S2. The van der Waals surface area contributed by atoms with Crippen molar-refractivity contribution in [2.75, 3.05) is 22.8 Å². The van der Waals surface area contributed by atoms with Crippen molar-refractivity contribution in [3.05, 3.63) is 76.4 Å². The van der Waals surface area contributed by atoms with E-state index in [1.54, 1.807) is 25.1 Å². The summed E-state index contributed by atoms with van der Waals surface area (Å²) in [5.41, 5.74) is 1.36. The third-order valence-electron chi connectivity index (χ3n) is 5.39. The Morgan fingerprint density at radius 3 is 2.47 bits per heavy atom. The summed E-state index contributed by atoms with van der Waals surface area (Å²) in [5.74, 6) is -1.67. The molecule has 1 heterocycles. The van der Waals surface area contributed by atoms with Crippen molar-refractivity contribution in [2.24, 2.45) is 0 Å². The van der Waals surface area contributed by atoms with E-state index in [1.807, 2.05) is 0 Å². The molecule has 1 aromatic heterocycles. The van der Waals surface area contributed by atoms with E-state index in [0.717, 1.165) is 46.1 Å². The molecule has 0 aliphatic heterocycles. The molecule has 1 aliphatic carbocycles. The van der Waals surface area contributed by atoms with Crippen molar-refractivity contribution in [3.8, 4) is 0 Å². The largest absolute Gasteiger partial charge is 0.462 e. The number of sulfonamides is 1. The van der Waals surface area contributed by atoms with Gasteiger partial charge in [-0.2, -0.15) is 0 Å². The molecule has 0 spiro atoms. The zero-order valence-corrected chi connectivity index (χ0v) is 20.0. The van der Waals surface area contributed by atoms with E-state index in [-0.39, 0.29) is 17.2 Å². The number of ether oxygens (including phenoxy) is 1. The molecule has 0 saturated carbocycles. The molecule has 4 rings (SSSR count). The Labute approximate surface area is 201 Å². The Morgan fingerprint density at radius 1 is 1.09 bits per heavy atom. The van der Waals surface area contributed by atoms with Gasteiger partial charge in [0.05, 0.1) is 22.8 Å². The van der Waals surface area contributed by atoms with E-state index in [4.69, 9.17) is 4.74 Å². The van der Waals surface area contributed by atoms with Crippen molar-refractivity contribution < 1.29 is 27.1 Å². The summed E-state index contributed by atoms with van der Waals surface area (Å²) in [7, 11) is -4.12. The van der Waals surface area contributed by atoms with Gasteiger partial charge in [-0.3, -0.25) is 9.10 Å². The van der Waals surface area contributed by atoms with Crippen LogP contribution in [0.4, 0.5) is 15.1 Å². The number of benzene rings is 2. The number of nitrogens with one attached hydrogen (secondary N) is 1. The number of carbonyl (C=O) groups is 2. The van der Waals surface area contributed by atoms with Gasteiger partial charge < -0.3 is 10.1 Å². The molecule has 0 radical (unpaired) electrons. The topological polar surface area (TPSA) is 92.8 Å². The summed E-state index contributed by atoms with van der Waals surface area (Å²) >= 11 is 1.31. The Morgan fingerprint density at radius 2 is 1.79 bits per heavy atom. The number of amides is 1. The van der Waals surface area contributed by atoms with Gasteiger partial charge in [-0.05, 0) is 68.1 Å². The van der Waals surface area contributed by atoms with Crippen LogP contribution in [0.3, 0.4) is 0 Å². The lowest BCUT2D eigenvalue weighted by molar-refractivity contribution is -0.114. The third kappa shape index (κ3) is 4.83. The molecule has 0 saturated heterocycles. The summed E-state index contributed by atoms with van der Waals surface area (Å²) in [6.45, 7) is 1.34. The number of carbonyl (C=O) groups excluding carboxylic acids is 2. The van der Waals surface area contributed by atoms with Gasteiger partial charge in [0, 0.05) is 4.88 Å². The quantitative estimate of drug-likeness (QED) is 0.462. The van der Waals surface area contributed by atoms with E-state index in [0.29, 0.717) is 10.6 Å². The molecule has 3 aromatic rings. The van der Waals surface area contributed by atoms with Gasteiger partial charge in [0.15, 0.2) is 0 Å². The molecular weight excluding hydrogens is 479 g/mol. The summed E-state index contributed by atoms with van der Waals surface area (Å²) in [6, 6.07) is 12.5. The summed E-state index contributed by atoms with van der Waals surface area (Å²) in [6.07, 6.45) is 2.46. The van der Waals surface area contributed by atoms with Gasteiger partial charge in [0.1, 0.15) is 17.4 Å². The molecule has 0 unspecified atom stereocenters. The van der Waals surface area contributed by atoms with Crippen LogP contribution in [0.5, 0.6) is 0 Å². The number of fused-ring (bicyclic) bond motifs is 1.